The first-order chi connectivity index (χ1) is 9.60. The zero-order valence-corrected chi connectivity index (χ0v) is 13.4. The van der Waals surface area contributed by atoms with Crippen LogP contribution in [0.1, 0.15) is 31.9 Å². The van der Waals surface area contributed by atoms with Gasteiger partial charge in [-0.3, -0.25) is 4.79 Å². The summed E-state index contributed by atoms with van der Waals surface area (Å²) in [4.78, 5) is 14.4. The number of nitrogens with zero attached hydrogens (tertiary/aromatic N) is 2. The number of thiocarbonyl (C=S) groups is 1. The van der Waals surface area contributed by atoms with Crippen LogP contribution in [0.2, 0.25) is 0 Å². The summed E-state index contributed by atoms with van der Waals surface area (Å²) in [5.74, 6) is 1.06. The summed E-state index contributed by atoms with van der Waals surface area (Å²) < 4.78 is 5.76. The molecule has 110 valence electrons. The van der Waals surface area contributed by atoms with E-state index in [0.29, 0.717) is 11.6 Å². The first-order valence-corrected chi connectivity index (χ1v) is 8.08. The van der Waals surface area contributed by atoms with E-state index in [2.05, 4.69) is 15.4 Å². The Kier molecular flexibility index (Phi) is 5.42. The van der Waals surface area contributed by atoms with Crippen LogP contribution >= 0.6 is 24.0 Å². The molecule has 1 N–H and O–H groups in total. The molecular formula is C13H19N3O2S2. The fraction of sp³-hybridized carbons (Fsp3) is 0.615. The smallest absolute Gasteiger partial charge is 0.239 e. The van der Waals surface area contributed by atoms with Gasteiger partial charge in [-0.2, -0.15) is 0 Å². The predicted molar refractivity (Wildman–Crippen MR) is 84.9 cm³/mol. The Hall–Kier alpha value is -1.08. The third-order valence-corrected chi connectivity index (χ3v) is 4.99. The number of rotatable bonds is 4. The van der Waals surface area contributed by atoms with Gasteiger partial charge >= 0.3 is 0 Å². The van der Waals surface area contributed by atoms with Crippen molar-refractivity contribution in [3.8, 4) is 0 Å². The van der Waals surface area contributed by atoms with Crippen LogP contribution < -0.4 is 5.32 Å². The normalized spacial score (nSPS) is 16.2. The van der Waals surface area contributed by atoms with Gasteiger partial charge in [-0.15, -0.1) is 0 Å². The monoisotopic (exact) mass is 313 g/mol. The minimum Gasteiger partial charge on any atom is -0.360 e. The van der Waals surface area contributed by atoms with Crippen LogP contribution in [-0.4, -0.2) is 38.6 Å². The van der Waals surface area contributed by atoms with E-state index < -0.39 is 0 Å². The molecule has 1 aromatic rings. The average molecular weight is 313 g/mol. The molecule has 0 saturated carbocycles. The molecule has 1 atom stereocenters. The molecule has 2 rings (SSSR count). The number of carbonyl (C=O) groups is 1. The Morgan fingerprint density at radius 3 is 2.85 bits per heavy atom. The number of nitrogens with one attached hydrogen (secondary N) is 1. The van der Waals surface area contributed by atoms with Gasteiger partial charge in [0.25, 0.3) is 0 Å². The average Bonchev–Trinajstić information content (AvgIpc) is 3.07. The molecule has 1 aromatic heterocycles. The highest BCUT2D eigenvalue weighted by molar-refractivity contribution is 8.23. The van der Waals surface area contributed by atoms with Gasteiger partial charge in [-0.25, -0.2) is 0 Å². The second-order valence-electron chi connectivity index (χ2n) is 4.79. The molecule has 7 heteroatoms. The lowest BCUT2D eigenvalue weighted by atomic mass is 10.3. The van der Waals surface area contributed by atoms with E-state index in [1.165, 1.54) is 24.6 Å². The fourth-order valence-electron chi connectivity index (χ4n) is 2.05. The van der Waals surface area contributed by atoms with Crippen LogP contribution in [0.5, 0.6) is 0 Å². The third-order valence-electron chi connectivity index (χ3n) is 3.15. The summed E-state index contributed by atoms with van der Waals surface area (Å²) in [5.41, 5.74) is 0. The van der Waals surface area contributed by atoms with Crippen molar-refractivity contribution < 1.29 is 9.32 Å². The molecule has 1 aliphatic heterocycles. The van der Waals surface area contributed by atoms with E-state index in [1.54, 1.807) is 13.0 Å². The van der Waals surface area contributed by atoms with E-state index >= 15 is 0 Å². The number of thioether (sulfide) groups is 1. The fourth-order valence-corrected chi connectivity index (χ4v) is 3.49. The lowest BCUT2D eigenvalue weighted by Crippen LogP contribution is -2.30. The molecule has 1 saturated heterocycles. The van der Waals surface area contributed by atoms with Crippen LogP contribution in [0.3, 0.4) is 0 Å². The Morgan fingerprint density at radius 1 is 1.60 bits per heavy atom. The van der Waals surface area contributed by atoms with Crippen LogP contribution in [0.15, 0.2) is 10.6 Å². The summed E-state index contributed by atoms with van der Waals surface area (Å²) in [5, 5.41) is 6.34. The van der Waals surface area contributed by atoms with Crippen molar-refractivity contribution in [3.05, 3.63) is 11.8 Å². The summed E-state index contributed by atoms with van der Waals surface area (Å²) in [7, 11) is 0. The topological polar surface area (TPSA) is 58.4 Å². The van der Waals surface area contributed by atoms with Crippen molar-refractivity contribution >= 4 is 40.0 Å². The summed E-state index contributed by atoms with van der Waals surface area (Å²) in [6.07, 6.45) is 3.09. The van der Waals surface area contributed by atoms with Crippen molar-refractivity contribution in [2.75, 3.05) is 18.4 Å². The summed E-state index contributed by atoms with van der Waals surface area (Å²) in [6.45, 7) is 5.79. The van der Waals surface area contributed by atoms with Gasteiger partial charge < -0.3 is 14.7 Å². The zero-order chi connectivity index (χ0) is 14.5. The number of likely N-dealkylation sites (tertiary alicyclic amines) is 1. The van der Waals surface area contributed by atoms with Crippen molar-refractivity contribution in [3.63, 3.8) is 0 Å². The second-order valence-corrected chi connectivity index (χ2v) is 6.62. The van der Waals surface area contributed by atoms with Crippen molar-refractivity contribution in [2.24, 2.45) is 0 Å². The van der Waals surface area contributed by atoms with Crippen molar-refractivity contribution in [1.82, 2.24) is 10.1 Å². The highest BCUT2D eigenvalue weighted by Crippen LogP contribution is 2.23. The highest BCUT2D eigenvalue weighted by atomic mass is 32.2. The molecule has 0 spiro atoms. The largest absolute Gasteiger partial charge is 0.360 e. The van der Waals surface area contributed by atoms with Crippen LogP contribution in [0.4, 0.5) is 5.82 Å². The van der Waals surface area contributed by atoms with E-state index in [9.17, 15) is 4.79 Å². The van der Waals surface area contributed by atoms with E-state index in [1.807, 2.05) is 6.92 Å². The SMILES string of the molecule is CC[C@@H](SC(=S)N1CCCC1)C(=O)Nc1cc(C)on1. The molecule has 2 heterocycles. The molecule has 1 aliphatic rings. The number of aromatic nitrogens is 1. The second kappa shape index (κ2) is 7.08. The van der Waals surface area contributed by atoms with Gasteiger partial charge in [0.2, 0.25) is 5.91 Å². The van der Waals surface area contributed by atoms with Gasteiger partial charge in [0, 0.05) is 19.2 Å². The molecule has 1 amide bonds. The maximum Gasteiger partial charge on any atom is 0.239 e. The number of anilines is 1. The number of hydrogen-bond donors (Lipinski definition) is 1. The lowest BCUT2D eigenvalue weighted by molar-refractivity contribution is -0.115. The van der Waals surface area contributed by atoms with E-state index in [4.69, 9.17) is 16.7 Å². The number of aryl methyl sites for hydroxylation is 1. The van der Waals surface area contributed by atoms with Gasteiger partial charge in [0.1, 0.15) is 10.1 Å². The molecule has 20 heavy (non-hydrogen) atoms. The number of hydrogen-bond acceptors (Lipinski definition) is 5. The minimum atomic E-state index is -0.194. The molecule has 0 bridgehead atoms. The minimum absolute atomic E-state index is 0.0765. The molecule has 0 aliphatic carbocycles. The maximum absolute atomic E-state index is 12.2. The molecule has 0 radical (unpaired) electrons. The van der Waals surface area contributed by atoms with E-state index in [-0.39, 0.29) is 11.2 Å². The van der Waals surface area contributed by atoms with Crippen molar-refractivity contribution in [1.29, 1.82) is 0 Å². The zero-order valence-electron chi connectivity index (χ0n) is 11.7. The maximum atomic E-state index is 12.2. The third kappa shape index (κ3) is 3.96. The molecular weight excluding hydrogens is 294 g/mol. The Balaban J connectivity index is 1.89. The predicted octanol–water partition coefficient (Wildman–Crippen LogP) is 2.81. The summed E-state index contributed by atoms with van der Waals surface area (Å²) >= 11 is 6.88. The quantitative estimate of drug-likeness (QED) is 0.863. The molecule has 0 unspecified atom stereocenters. The van der Waals surface area contributed by atoms with Crippen molar-refractivity contribution in [2.45, 2.75) is 38.4 Å². The molecule has 5 nitrogen and oxygen atoms in total. The molecule has 0 aromatic carbocycles. The number of amides is 1. The first-order valence-electron chi connectivity index (χ1n) is 6.80. The van der Waals surface area contributed by atoms with Crippen LogP contribution in [0.25, 0.3) is 0 Å². The van der Waals surface area contributed by atoms with Gasteiger partial charge in [0.15, 0.2) is 5.82 Å². The Morgan fingerprint density at radius 2 is 2.30 bits per heavy atom. The highest BCUT2D eigenvalue weighted by Gasteiger charge is 2.24. The first kappa shape index (κ1) is 15.3. The van der Waals surface area contributed by atoms with Crippen LogP contribution in [-0.2, 0) is 4.79 Å². The van der Waals surface area contributed by atoms with Gasteiger partial charge in [-0.05, 0) is 26.2 Å². The molecule has 1 fully saturated rings. The standard InChI is InChI=1S/C13H19N3O2S2/c1-3-10(20-13(19)16-6-4-5-7-16)12(17)14-11-8-9(2)18-15-11/h8,10H,3-7H2,1-2H3,(H,14,15,17)/t10-/m1/s1. The summed E-state index contributed by atoms with van der Waals surface area (Å²) in [6, 6.07) is 1.70. The Labute approximate surface area is 128 Å². The van der Waals surface area contributed by atoms with E-state index in [0.717, 1.165) is 23.8 Å². The Bertz CT molecular complexity index is 484. The lowest BCUT2D eigenvalue weighted by Gasteiger charge is -2.21. The van der Waals surface area contributed by atoms with Gasteiger partial charge in [-0.1, -0.05) is 36.1 Å². The van der Waals surface area contributed by atoms with Gasteiger partial charge in [0.05, 0.1) is 5.25 Å². The number of carbonyl (C=O) groups excluding carboxylic acids is 1. The van der Waals surface area contributed by atoms with Crippen LogP contribution in [0, 0.1) is 6.92 Å².